The van der Waals surface area contributed by atoms with Crippen LogP contribution in [0.5, 0.6) is 0 Å². The van der Waals surface area contributed by atoms with Crippen LogP contribution in [0.3, 0.4) is 0 Å². The zero-order chi connectivity index (χ0) is 24.6. The van der Waals surface area contributed by atoms with Crippen LogP contribution in [0.15, 0.2) is 77.7 Å². The molecule has 0 bridgehead atoms. The van der Waals surface area contributed by atoms with Crippen LogP contribution < -0.4 is 4.90 Å². The first-order chi connectivity index (χ1) is 16.9. The van der Waals surface area contributed by atoms with Crippen LogP contribution in [-0.4, -0.2) is 46.2 Å². The SMILES string of the molecule is Cc1ccc(S(=O)(=O)N2CCCC2C(=O)N(Cn2nnc3ccccc32)c2ccccc2)cc1F. The van der Waals surface area contributed by atoms with E-state index in [9.17, 15) is 17.6 Å². The Hall–Kier alpha value is -3.63. The van der Waals surface area contributed by atoms with E-state index in [0.29, 0.717) is 29.6 Å². The van der Waals surface area contributed by atoms with E-state index in [1.807, 2.05) is 42.5 Å². The van der Waals surface area contributed by atoms with Gasteiger partial charge in [-0.3, -0.25) is 9.69 Å². The van der Waals surface area contributed by atoms with Gasteiger partial charge < -0.3 is 0 Å². The molecule has 10 heteroatoms. The molecule has 0 N–H and O–H groups in total. The number of benzene rings is 3. The number of anilines is 1. The van der Waals surface area contributed by atoms with Crippen LogP contribution in [0.4, 0.5) is 10.1 Å². The number of carbonyl (C=O) groups is 1. The summed E-state index contributed by atoms with van der Waals surface area (Å²) in [6, 6.07) is 19.4. The third kappa shape index (κ3) is 4.30. The Labute approximate surface area is 202 Å². The van der Waals surface area contributed by atoms with E-state index in [1.54, 1.807) is 23.7 Å². The summed E-state index contributed by atoms with van der Waals surface area (Å²) in [5.41, 5.74) is 2.42. The highest BCUT2D eigenvalue weighted by molar-refractivity contribution is 7.89. The molecular formula is C25H24FN5O3S. The third-order valence-electron chi connectivity index (χ3n) is 6.27. The number of carbonyl (C=O) groups excluding carboxylic acids is 1. The monoisotopic (exact) mass is 493 g/mol. The Morgan fingerprint density at radius 2 is 1.83 bits per heavy atom. The second kappa shape index (κ2) is 9.20. The molecular weight excluding hydrogens is 469 g/mol. The third-order valence-corrected chi connectivity index (χ3v) is 8.17. The smallest absolute Gasteiger partial charge is 0.246 e. The van der Waals surface area contributed by atoms with Crippen molar-refractivity contribution < 1.29 is 17.6 Å². The number of rotatable bonds is 6. The minimum atomic E-state index is -4.07. The number of hydrogen-bond donors (Lipinski definition) is 0. The Balaban J connectivity index is 1.50. The van der Waals surface area contributed by atoms with E-state index in [2.05, 4.69) is 10.3 Å². The van der Waals surface area contributed by atoms with Crippen LogP contribution >= 0.6 is 0 Å². The standard InChI is InChI=1S/C25H24FN5O3S/c1-18-13-14-20(16-21(18)26)35(33,34)31-15-7-12-24(31)25(32)29(19-8-3-2-4-9-19)17-30-23-11-6-5-10-22(23)27-28-30/h2-6,8-11,13-14,16,24H,7,12,15,17H2,1H3. The van der Waals surface area contributed by atoms with Gasteiger partial charge in [-0.05, 0) is 61.7 Å². The molecule has 1 aliphatic heterocycles. The first-order valence-electron chi connectivity index (χ1n) is 11.3. The van der Waals surface area contributed by atoms with Gasteiger partial charge in [-0.25, -0.2) is 17.5 Å². The molecule has 8 nitrogen and oxygen atoms in total. The van der Waals surface area contributed by atoms with E-state index in [0.717, 1.165) is 11.6 Å². The van der Waals surface area contributed by atoms with Crippen molar-refractivity contribution in [2.75, 3.05) is 11.4 Å². The molecule has 0 radical (unpaired) electrons. The number of aryl methyl sites for hydroxylation is 1. The number of hydrogen-bond acceptors (Lipinski definition) is 5. The van der Waals surface area contributed by atoms with Crippen molar-refractivity contribution in [3.8, 4) is 0 Å². The Bertz CT molecular complexity index is 1490. The van der Waals surface area contributed by atoms with Crippen LogP contribution in [0, 0.1) is 12.7 Å². The molecule has 1 fully saturated rings. The fourth-order valence-corrected chi connectivity index (χ4v) is 6.03. The maximum Gasteiger partial charge on any atom is 0.246 e. The first kappa shape index (κ1) is 23.1. The summed E-state index contributed by atoms with van der Waals surface area (Å²) in [6.07, 6.45) is 0.896. The molecule has 1 atom stereocenters. The maximum absolute atomic E-state index is 14.2. The molecule has 35 heavy (non-hydrogen) atoms. The van der Waals surface area contributed by atoms with Crippen molar-refractivity contribution in [2.45, 2.75) is 37.4 Å². The Morgan fingerprint density at radius 1 is 1.09 bits per heavy atom. The predicted octanol–water partition coefficient (Wildman–Crippen LogP) is 3.72. The molecule has 0 saturated carbocycles. The Kier molecular flexibility index (Phi) is 6.08. The average molecular weight is 494 g/mol. The fourth-order valence-electron chi connectivity index (χ4n) is 4.37. The number of amides is 1. The maximum atomic E-state index is 14.2. The topological polar surface area (TPSA) is 88.4 Å². The van der Waals surface area contributed by atoms with Gasteiger partial charge in [0.15, 0.2) is 0 Å². The van der Waals surface area contributed by atoms with Gasteiger partial charge in [0, 0.05) is 12.2 Å². The molecule has 0 spiro atoms. The molecule has 1 saturated heterocycles. The number of fused-ring (bicyclic) bond motifs is 1. The lowest BCUT2D eigenvalue weighted by atomic mass is 10.2. The lowest BCUT2D eigenvalue weighted by Crippen LogP contribution is -2.48. The highest BCUT2D eigenvalue weighted by Gasteiger charge is 2.42. The van der Waals surface area contributed by atoms with Crippen LogP contribution in [0.1, 0.15) is 18.4 Å². The molecule has 0 aliphatic carbocycles. The lowest BCUT2D eigenvalue weighted by Gasteiger charge is -2.30. The van der Waals surface area contributed by atoms with Gasteiger partial charge in [0.05, 0.1) is 10.4 Å². The molecule has 1 unspecified atom stereocenters. The fraction of sp³-hybridized carbons (Fsp3) is 0.240. The van der Waals surface area contributed by atoms with Gasteiger partial charge in [0.2, 0.25) is 15.9 Å². The second-order valence-electron chi connectivity index (χ2n) is 8.51. The van der Waals surface area contributed by atoms with Gasteiger partial charge in [-0.15, -0.1) is 5.10 Å². The summed E-state index contributed by atoms with van der Waals surface area (Å²) < 4.78 is 43.8. The molecule has 1 aliphatic rings. The zero-order valence-electron chi connectivity index (χ0n) is 19.1. The minimum absolute atomic E-state index is 0.0624. The van der Waals surface area contributed by atoms with Crippen molar-refractivity contribution in [1.82, 2.24) is 19.3 Å². The van der Waals surface area contributed by atoms with Gasteiger partial charge in [-0.2, -0.15) is 4.31 Å². The Morgan fingerprint density at radius 3 is 2.60 bits per heavy atom. The lowest BCUT2D eigenvalue weighted by molar-refractivity contribution is -0.122. The van der Waals surface area contributed by atoms with E-state index < -0.39 is 21.9 Å². The highest BCUT2D eigenvalue weighted by atomic mass is 32.2. The highest BCUT2D eigenvalue weighted by Crippen LogP contribution is 2.30. The molecule has 2 heterocycles. The average Bonchev–Trinajstić information content (AvgIpc) is 3.52. The quantitative estimate of drug-likeness (QED) is 0.409. The largest absolute Gasteiger partial charge is 0.291 e. The van der Waals surface area contributed by atoms with Crippen LogP contribution in [0.2, 0.25) is 0 Å². The zero-order valence-corrected chi connectivity index (χ0v) is 19.9. The summed E-state index contributed by atoms with van der Waals surface area (Å²) in [5.74, 6) is -0.971. The first-order valence-corrected chi connectivity index (χ1v) is 12.7. The van der Waals surface area contributed by atoms with E-state index in [1.165, 1.54) is 21.3 Å². The normalized spacial score (nSPS) is 16.6. The van der Waals surface area contributed by atoms with Crippen molar-refractivity contribution in [3.05, 3.63) is 84.2 Å². The predicted molar refractivity (Wildman–Crippen MR) is 130 cm³/mol. The molecule has 1 amide bonds. The molecule has 3 aromatic carbocycles. The van der Waals surface area contributed by atoms with E-state index >= 15 is 0 Å². The number of sulfonamides is 1. The summed E-state index contributed by atoms with van der Waals surface area (Å²) in [6.45, 7) is 1.82. The number of aromatic nitrogens is 3. The molecule has 4 aromatic rings. The summed E-state index contributed by atoms with van der Waals surface area (Å²) in [4.78, 5) is 15.3. The summed E-state index contributed by atoms with van der Waals surface area (Å²) in [7, 11) is -4.07. The van der Waals surface area contributed by atoms with Crippen molar-refractivity contribution in [3.63, 3.8) is 0 Å². The van der Waals surface area contributed by atoms with Gasteiger partial charge in [0.1, 0.15) is 24.0 Å². The summed E-state index contributed by atoms with van der Waals surface area (Å²) >= 11 is 0. The second-order valence-corrected chi connectivity index (χ2v) is 10.4. The molecule has 1 aromatic heterocycles. The van der Waals surface area contributed by atoms with Crippen LogP contribution in [0.25, 0.3) is 11.0 Å². The number of nitrogens with zero attached hydrogens (tertiary/aromatic N) is 5. The van der Waals surface area contributed by atoms with Crippen molar-refractivity contribution >= 4 is 32.7 Å². The van der Waals surface area contributed by atoms with E-state index in [4.69, 9.17) is 0 Å². The van der Waals surface area contributed by atoms with E-state index in [-0.39, 0.29) is 24.0 Å². The molecule has 5 rings (SSSR count). The van der Waals surface area contributed by atoms with Gasteiger partial charge in [0.25, 0.3) is 0 Å². The number of halogens is 1. The van der Waals surface area contributed by atoms with Gasteiger partial charge in [-0.1, -0.05) is 41.6 Å². The van der Waals surface area contributed by atoms with Gasteiger partial charge >= 0.3 is 0 Å². The van der Waals surface area contributed by atoms with Crippen molar-refractivity contribution in [2.24, 2.45) is 0 Å². The molecule has 180 valence electrons. The number of para-hydroxylation sites is 2. The van der Waals surface area contributed by atoms with Crippen LogP contribution in [-0.2, 0) is 21.5 Å². The summed E-state index contributed by atoms with van der Waals surface area (Å²) in [5, 5.41) is 8.37. The minimum Gasteiger partial charge on any atom is -0.291 e. The van der Waals surface area contributed by atoms with Crippen molar-refractivity contribution in [1.29, 1.82) is 0 Å².